The third-order valence-corrected chi connectivity index (χ3v) is 2.94. The van der Waals surface area contributed by atoms with Gasteiger partial charge in [0.05, 0.1) is 5.56 Å². The highest BCUT2D eigenvalue weighted by molar-refractivity contribution is 9.10. The van der Waals surface area contributed by atoms with Gasteiger partial charge in [0.25, 0.3) is 0 Å². The SMILES string of the molecule is Cc1cc(C(=O)O)ccc1Oc1cccc(Br)c1. The van der Waals surface area contributed by atoms with Crippen molar-refractivity contribution in [2.45, 2.75) is 6.92 Å². The van der Waals surface area contributed by atoms with Crippen LogP contribution < -0.4 is 4.74 Å². The van der Waals surface area contributed by atoms with E-state index in [4.69, 9.17) is 9.84 Å². The number of rotatable bonds is 3. The third-order valence-electron chi connectivity index (χ3n) is 2.45. The molecule has 2 aromatic rings. The van der Waals surface area contributed by atoms with Crippen LogP contribution in [0.2, 0.25) is 0 Å². The normalized spacial score (nSPS) is 10.1. The summed E-state index contributed by atoms with van der Waals surface area (Å²) >= 11 is 3.37. The van der Waals surface area contributed by atoms with Crippen LogP contribution in [0.25, 0.3) is 0 Å². The number of carboxylic acids is 1. The molecule has 4 heteroatoms. The Morgan fingerprint density at radius 3 is 2.61 bits per heavy atom. The summed E-state index contributed by atoms with van der Waals surface area (Å²) in [5.41, 5.74) is 1.05. The van der Waals surface area contributed by atoms with Gasteiger partial charge in [-0.3, -0.25) is 0 Å². The van der Waals surface area contributed by atoms with E-state index in [1.165, 1.54) is 6.07 Å². The standard InChI is InChI=1S/C14H11BrO3/c1-9-7-10(14(16)17)5-6-13(9)18-12-4-2-3-11(15)8-12/h2-8H,1H3,(H,16,17). The molecular weight excluding hydrogens is 296 g/mol. The van der Waals surface area contributed by atoms with Gasteiger partial charge in [-0.25, -0.2) is 4.79 Å². The molecule has 0 aromatic heterocycles. The first-order chi connectivity index (χ1) is 8.56. The molecule has 0 saturated heterocycles. The summed E-state index contributed by atoms with van der Waals surface area (Å²) in [5, 5.41) is 8.88. The number of hydrogen-bond donors (Lipinski definition) is 1. The third kappa shape index (κ3) is 2.90. The molecule has 2 aromatic carbocycles. The molecule has 0 aliphatic rings. The summed E-state index contributed by atoms with van der Waals surface area (Å²) in [6.45, 7) is 1.82. The number of benzene rings is 2. The van der Waals surface area contributed by atoms with E-state index in [0.29, 0.717) is 11.5 Å². The monoisotopic (exact) mass is 306 g/mol. The minimum atomic E-state index is -0.938. The van der Waals surface area contributed by atoms with Gasteiger partial charge in [-0.1, -0.05) is 22.0 Å². The molecule has 0 unspecified atom stereocenters. The Morgan fingerprint density at radius 1 is 1.22 bits per heavy atom. The Balaban J connectivity index is 2.27. The van der Waals surface area contributed by atoms with Crippen molar-refractivity contribution >= 4 is 21.9 Å². The van der Waals surface area contributed by atoms with Crippen molar-refractivity contribution in [2.75, 3.05) is 0 Å². The molecule has 0 aliphatic heterocycles. The summed E-state index contributed by atoms with van der Waals surface area (Å²) in [4.78, 5) is 10.8. The van der Waals surface area contributed by atoms with Crippen molar-refractivity contribution in [3.8, 4) is 11.5 Å². The van der Waals surface area contributed by atoms with Crippen LogP contribution in [-0.2, 0) is 0 Å². The van der Waals surface area contributed by atoms with Crippen LogP contribution in [0.1, 0.15) is 15.9 Å². The maximum atomic E-state index is 10.8. The molecule has 0 spiro atoms. The first-order valence-corrected chi connectivity index (χ1v) is 6.13. The summed E-state index contributed by atoms with van der Waals surface area (Å²) in [5.74, 6) is 0.417. The Bertz CT molecular complexity index is 593. The molecule has 0 fully saturated rings. The second-order valence-electron chi connectivity index (χ2n) is 3.84. The average molecular weight is 307 g/mol. The molecule has 1 N–H and O–H groups in total. The second kappa shape index (κ2) is 5.23. The van der Waals surface area contributed by atoms with Crippen LogP contribution in [0, 0.1) is 6.92 Å². The van der Waals surface area contributed by atoms with Crippen LogP contribution in [-0.4, -0.2) is 11.1 Å². The summed E-state index contributed by atoms with van der Waals surface area (Å²) in [6.07, 6.45) is 0. The van der Waals surface area contributed by atoms with Crippen LogP contribution >= 0.6 is 15.9 Å². The van der Waals surface area contributed by atoms with E-state index in [9.17, 15) is 4.79 Å². The van der Waals surface area contributed by atoms with Crippen LogP contribution in [0.5, 0.6) is 11.5 Å². The van der Waals surface area contributed by atoms with E-state index >= 15 is 0 Å². The first kappa shape index (κ1) is 12.6. The van der Waals surface area contributed by atoms with Crippen LogP contribution in [0.4, 0.5) is 0 Å². The van der Waals surface area contributed by atoms with Crippen molar-refractivity contribution in [1.82, 2.24) is 0 Å². The maximum Gasteiger partial charge on any atom is 0.335 e. The van der Waals surface area contributed by atoms with Crippen molar-refractivity contribution in [2.24, 2.45) is 0 Å². The van der Waals surface area contributed by atoms with Crippen LogP contribution in [0.15, 0.2) is 46.9 Å². The molecule has 0 bridgehead atoms. The number of aromatic carboxylic acids is 1. The molecule has 0 amide bonds. The van der Waals surface area contributed by atoms with Gasteiger partial charge in [0.15, 0.2) is 0 Å². The quantitative estimate of drug-likeness (QED) is 0.922. The largest absolute Gasteiger partial charge is 0.478 e. The molecule has 18 heavy (non-hydrogen) atoms. The number of carboxylic acid groups (broad SMARTS) is 1. The minimum absolute atomic E-state index is 0.258. The number of aryl methyl sites for hydroxylation is 1. The molecule has 2 rings (SSSR count). The predicted octanol–water partition coefficient (Wildman–Crippen LogP) is 4.25. The van der Waals surface area contributed by atoms with Gasteiger partial charge in [-0.15, -0.1) is 0 Å². The van der Waals surface area contributed by atoms with E-state index in [-0.39, 0.29) is 5.56 Å². The highest BCUT2D eigenvalue weighted by Gasteiger charge is 2.07. The van der Waals surface area contributed by atoms with Gasteiger partial charge in [0.1, 0.15) is 11.5 Å². The van der Waals surface area contributed by atoms with E-state index < -0.39 is 5.97 Å². The highest BCUT2D eigenvalue weighted by atomic mass is 79.9. The Hall–Kier alpha value is -1.81. The zero-order valence-corrected chi connectivity index (χ0v) is 11.3. The lowest BCUT2D eigenvalue weighted by Crippen LogP contribution is -1.97. The molecule has 0 radical (unpaired) electrons. The smallest absolute Gasteiger partial charge is 0.335 e. The summed E-state index contributed by atoms with van der Waals surface area (Å²) < 4.78 is 6.63. The number of ether oxygens (including phenoxy) is 1. The van der Waals surface area contributed by atoms with Crippen molar-refractivity contribution in [1.29, 1.82) is 0 Å². The molecule has 0 saturated carbocycles. The lowest BCUT2D eigenvalue weighted by molar-refractivity contribution is 0.0697. The zero-order valence-electron chi connectivity index (χ0n) is 9.68. The molecule has 0 atom stereocenters. The lowest BCUT2D eigenvalue weighted by atomic mass is 10.1. The van der Waals surface area contributed by atoms with E-state index in [0.717, 1.165) is 10.0 Å². The zero-order chi connectivity index (χ0) is 13.1. The molecule has 3 nitrogen and oxygen atoms in total. The molecular formula is C14H11BrO3. The fourth-order valence-corrected chi connectivity index (χ4v) is 1.93. The van der Waals surface area contributed by atoms with Crippen LogP contribution in [0.3, 0.4) is 0 Å². The van der Waals surface area contributed by atoms with Crippen molar-refractivity contribution in [3.05, 3.63) is 58.1 Å². The number of halogens is 1. The number of hydrogen-bond acceptors (Lipinski definition) is 2. The average Bonchev–Trinajstić information content (AvgIpc) is 2.31. The van der Waals surface area contributed by atoms with Gasteiger partial charge >= 0.3 is 5.97 Å². The maximum absolute atomic E-state index is 10.8. The summed E-state index contributed by atoms with van der Waals surface area (Å²) in [6, 6.07) is 12.3. The van der Waals surface area contributed by atoms with Gasteiger partial charge in [0, 0.05) is 4.47 Å². The fraction of sp³-hybridized carbons (Fsp3) is 0.0714. The lowest BCUT2D eigenvalue weighted by Gasteiger charge is -2.09. The van der Waals surface area contributed by atoms with E-state index in [1.807, 2.05) is 31.2 Å². The Kier molecular flexibility index (Phi) is 3.67. The molecule has 92 valence electrons. The fourth-order valence-electron chi connectivity index (χ4n) is 1.55. The number of carbonyl (C=O) groups is 1. The summed E-state index contributed by atoms with van der Waals surface area (Å²) in [7, 11) is 0. The van der Waals surface area contributed by atoms with Gasteiger partial charge in [-0.2, -0.15) is 0 Å². The van der Waals surface area contributed by atoms with E-state index in [1.54, 1.807) is 12.1 Å². The highest BCUT2D eigenvalue weighted by Crippen LogP contribution is 2.27. The first-order valence-electron chi connectivity index (χ1n) is 5.33. The molecule has 0 heterocycles. The Labute approximate surface area is 113 Å². The van der Waals surface area contributed by atoms with Crippen molar-refractivity contribution in [3.63, 3.8) is 0 Å². The van der Waals surface area contributed by atoms with Gasteiger partial charge in [-0.05, 0) is 48.9 Å². The molecule has 0 aliphatic carbocycles. The topological polar surface area (TPSA) is 46.5 Å². The second-order valence-corrected chi connectivity index (χ2v) is 4.76. The van der Waals surface area contributed by atoms with Crippen molar-refractivity contribution < 1.29 is 14.6 Å². The van der Waals surface area contributed by atoms with Gasteiger partial charge in [0.2, 0.25) is 0 Å². The van der Waals surface area contributed by atoms with E-state index in [2.05, 4.69) is 15.9 Å². The minimum Gasteiger partial charge on any atom is -0.478 e. The Morgan fingerprint density at radius 2 is 2.00 bits per heavy atom. The predicted molar refractivity (Wildman–Crippen MR) is 72.4 cm³/mol. The van der Waals surface area contributed by atoms with Gasteiger partial charge < -0.3 is 9.84 Å².